The molecular weight excluding hydrogens is 591 g/mol. The highest BCUT2D eigenvalue weighted by Gasteiger charge is 2.49. The SMILES string of the molecule is C#Cc1c(F)ccc2cc(O)cc(-c3ccc4c(N5CCC6(CCCN6)CC5)nc(OC[C@@]56CCCN5C[C@H](F)C6)nc4c3F)c12. The van der Waals surface area contributed by atoms with E-state index in [9.17, 15) is 13.9 Å². The average molecular weight is 628 g/mol. The zero-order chi connectivity index (χ0) is 31.6. The number of nitrogens with one attached hydrogen (secondary N) is 1. The molecule has 0 unspecified atom stereocenters. The Labute approximate surface area is 265 Å². The van der Waals surface area contributed by atoms with Crippen LogP contribution in [0.3, 0.4) is 0 Å². The van der Waals surface area contributed by atoms with Gasteiger partial charge in [0.05, 0.1) is 11.1 Å². The Hall–Kier alpha value is -4.07. The van der Waals surface area contributed by atoms with Gasteiger partial charge in [-0.15, -0.1) is 6.42 Å². The van der Waals surface area contributed by atoms with Crippen LogP contribution in [0.4, 0.5) is 19.0 Å². The normalized spacial score (nSPS) is 24.2. The summed E-state index contributed by atoms with van der Waals surface area (Å²) in [6, 6.07) is 9.05. The van der Waals surface area contributed by atoms with Crippen LogP contribution in [-0.4, -0.2) is 76.6 Å². The topological polar surface area (TPSA) is 73.8 Å². The summed E-state index contributed by atoms with van der Waals surface area (Å²) in [6.45, 7) is 3.95. The van der Waals surface area contributed by atoms with Gasteiger partial charge in [0.15, 0.2) is 5.82 Å². The van der Waals surface area contributed by atoms with E-state index in [0.717, 1.165) is 64.7 Å². The van der Waals surface area contributed by atoms with Crippen LogP contribution in [0.2, 0.25) is 0 Å². The standard InChI is InChI=1S/C36H36F3N5O2/c1-2-25-29(38)8-5-22-17-24(45)18-28(30(22)25)26-6-7-27-32(31(26)39)41-34(46-21-36-10-4-14-44(36)20-23(37)19-36)42-33(27)43-15-11-35(12-16-43)9-3-13-40-35/h1,5-8,17-18,23,40,45H,3-4,9-16,19-21H2/t23-,36+/m1/s1. The molecule has 4 fully saturated rings. The number of aromatic hydroxyl groups is 1. The number of terminal acetylenes is 1. The van der Waals surface area contributed by atoms with Crippen LogP contribution in [0.5, 0.6) is 11.8 Å². The van der Waals surface area contributed by atoms with Crippen LogP contribution in [0.1, 0.15) is 50.5 Å². The van der Waals surface area contributed by atoms with Gasteiger partial charge in [-0.05, 0) is 86.8 Å². The number of alkyl halides is 1. The second-order valence-electron chi connectivity index (χ2n) is 13.5. The first-order chi connectivity index (χ1) is 22.3. The number of anilines is 1. The van der Waals surface area contributed by atoms with Gasteiger partial charge >= 0.3 is 6.01 Å². The lowest BCUT2D eigenvalue weighted by Gasteiger charge is -2.40. The molecule has 0 amide bonds. The van der Waals surface area contributed by atoms with E-state index in [1.165, 1.54) is 24.3 Å². The molecule has 10 heteroatoms. The van der Waals surface area contributed by atoms with Gasteiger partial charge in [0.25, 0.3) is 0 Å². The van der Waals surface area contributed by atoms with Crippen LogP contribution >= 0.6 is 0 Å². The van der Waals surface area contributed by atoms with Crippen molar-refractivity contribution >= 4 is 27.5 Å². The fraction of sp³-hybridized carbons (Fsp3) is 0.444. The minimum atomic E-state index is -0.906. The van der Waals surface area contributed by atoms with Crippen molar-refractivity contribution in [3.05, 3.63) is 53.6 Å². The van der Waals surface area contributed by atoms with E-state index >= 15 is 4.39 Å². The molecule has 0 saturated carbocycles. The molecule has 7 nitrogen and oxygen atoms in total. The molecule has 0 radical (unpaired) electrons. The highest BCUT2D eigenvalue weighted by atomic mass is 19.1. The molecule has 4 aromatic rings. The number of aromatic nitrogens is 2. The van der Waals surface area contributed by atoms with Crippen LogP contribution in [0.25, 0.3) is 32.8 Å². The molecule has 4 aliphatic heterocycles. The molecule has 0 aliphatic carbocycles. The van der Waals surface area contributed by atoms with Gasteiger partial charge in [-0.3, -0.25) is 4.90 Å². The summed E-state index contributed by atoms with van der Waals surface area (Å²) in [6.07, 6.45) is 11.2. The summed E-state index contributed by atoms with van der Waals surface area (Å²) >= 11 is 0. The third-order valence-corrected chi connectivity index (χ3v) is 10.8. The van der Waals surface area contributed by atoms with E-state index in [2.05, 4.69) is 26.0 Å². The first kappa shape index (κ1) is 29.3. The third-order valence-electron chi connectivity index (χ3n) is 10.8. The number of halogens is 3. The van der Waals surface area contributed by atoms with Gasteiger partial charge in [0.2, 0.25) is 0 Å². The Bertz CT molecular complexity index is 1900. The second kappa shape index (κ2) is 11.0. The average Bonchev–Trinajstić information content (AvgIpc) is 3.75. The van der Waals surface area contributed by atoms with Crippen molar-refractivity contribution in [1.82, 2.24) is 20.2 Å². The smallest absolute Gasteiger partial charge is 0.319 e. The number of fused-ring (bicyclic) bond motifs is 3. The number of hydrogen-bond donors (Lipinski definition) is 2. The lowest BCUT2D eigenvalue weighted by atomic mass is 9.86. The van der Waals surface area contributed by atoms with Crippen molar-refractivity contribution in [2.45, 2.75) is 62.2 Å². The lowest BCUT2D eigenvalue weighted by Crippen LogP contribution is -2.50. The summed E-state index contributed by atoms with van der Waals surface area (Å²) in [5.74, 6) is 1.63. The van der Waals surface area contributed by atoms with Crippen molar-refractivity contribution in [2.75, 3.05) is 44.2 Å². The first-order valence-corrected chi connectivity index (χ1v) is 16.2. The van der Waals surface area contributed by atoms with Crippen molar-refractivity contribution < 1.29 is 23.0 Å². The number of phenolic OH excluding ortho intramolecular Hbond substituents is 1. The predicted molar refractivity (Wildman–Crippen MR) is 172 cm³/mol. The summed E-state index contributed by atoms with van der Waals surface area (Å²) in [4.78, 5) is 13.8. The molecule has 2 N–H and O–H groups in total. The molecular formula is C36H36F3N5O2. The fourth-order valence-electron chi connectivity index (χ4n) is 8.51. The van der Waals surface area contributed by atoms with Crippen LogP contribution < -0.4 is 15.0 Å². The van der Waals surface area contributed by atoms with Crippen molar-refractivity contribution in [2.24, 2.45) is 0 Å². The van der Waals surface area contributed by atoms with Gasteiger partial charge in [0.1, 0.15) is 35.7 Å². The molecule has 1 spiro atoms. The number of benzene rings is 3. The second-order valence-corrected chi connectivity index (χ2v) is 13.5. The molecule has 46 heavy (non-hydrogen) atoms. The van der Waals surface area contributed by atoms with E-state index in [4.69, 9.17) is 16.1 Å². The number of rotatable bonds is 5. The van der Waals surface area contributed by atoms with Crippen molar-refractivity contribution in [3.8, 4) is 35.2 Å². The monoisotopic (exact) mass is 627 g/mol. The number of ether oxygens (including phenoxy) is 1. The van der Waals surface area contributed by atoms with Crippen molar-refractivity contribution in [3.63, 3.8) is 0 Å². The molecule has 238 valence electrons. The minimum Gasteiger partial charge on any atom is -0.508 e. The van der Waals surface area contributed by atoms with Gasteiger partial charge in [-0.25, -0.2) is 13.2 Å². The largest absolute Gasteiger partial charge is 0.508 e. The number of nitrogens with zero attached hydrogens (tertiary/aromatic N) is 4. The van der Waals surface area contributed by atoms with Gasteiger partial charge in [-0.2, -0.15) is 9.97 Å². The van der Waals surface area contributed by atoms with Crippen molar-refractivity contribution in [1.29, 1.82) is 0 Å². The molecule has 2 atom stereocenters. The third kappa shape index (κ3) is 4.75. The number of phenols is 1. The van der Waals surface area contributed by atoms with E-state index in [-0.39, 0.29) is 46.1 Å². The molecule has 5 heterocycles. The van der Waals surface area contributed by atoms with E-state index in [1.807, 2.05) is 0 Å². The summed E-state index contributed by atoms with van der Waals surface area (Å²) in [7, 11) is 0. The van der Waals surface area contributed by atoms with E-state index in [1.54, 1.807) is 12.1 Å². The first-order valence-electron chi connectivity index (χ1n) is 16.2. The Balaban J connectivity index is 1.25. The van der Waals surface area contributed by atoms with Crippen LogP contribution in [-0.2, 0) is 0 Å². The number of hydrogen-bond acceptors (Lipinski definition) is 7. The van der Waals surface area contributed by atoms with Crippen LogP contribution in [0, 0.1) is 24.0 Å². The molecule has 4 saturated heterocycles. The minimum absolute atomic E-state index is 0.00901. The maximum atomic E-state index is 16.9. The van der Waals surface area contributed by atoms with Crippen LogP contribution in [0.15, 0.2) is 36.4 Å². The zero-order valence-electron chi connectivity index (χ0n) is 25.6. The number of piperidine rings is 1. The summed E-state index contributed by atoms with van der Waals surface area (Å²) in [5.41, 5.74) is 0.147. The maximum Gasteiger partial charge on any atom is 0.319 e. The fourth-order valence-corrected chi connectivity index (χ4v) is 8.51. The highest BCUT2D eigenvalue weighted by molar-refractivity contribution is 6.04. The summed E-state index contributed by atoms with van der Waals surface area (Å²) < 4.78 is 52.5. The quantitative estimate of drug-likeness (QED) is 0.260. The predicted octanol–water partition coefficient (Wildman–Crippen LogP) is 6.09. The molecule has 0 bridgehead atoms. The Morgan fingerprint density at radius 2 is 1.87 bits per heavy atom. The maximum absolute atomic E-state index is 16.9. The highest BCUT2D eigenvalue weighted by Crippen LogP contribution is 2.43. The molecule has 3 aromatic carbocycles. The van der Waals surface area contributed by atoms with E-state index < -0.39 is 23.3 Å². The van der Waals surface area contributed by atoms with Gasteiger partial charge < -0.3 is 20.1 Å². The Kier molecular flexibility index (Phi) is 7.03. The molecule has 8 rings (SSSR count). The summed E-state index contributed by atoms with van der Waals surface area (Å²) in [5, 5.41) is 15.6. The lowest BCUT2D eigenvalue weighted by molar-refractivity contribution is 0.107. The molecule has 1 aromatic heterocycles. The Morgan fingerprint density at radius 1 is 1.02 bits per heavy atom. The van der Waals surface area contributed by atoms with Gasteiger partial charge in [-0.1, -0.05) is 18.1 Å². The zero-order valence-corrected chi connectivity index (χ0v) is 25.6. The van der Waals surface area contributed by atoms with Gasteiger partial charge in [0, 0.05) is 47.9 Å². The Morgan fingerprint density at radius 3 is 2.65 bits per heavy atom. The molecule has 4 aliphatic rings. The van der Waals surface area contributed by atoms with E-state index in [0.29, 0.717) is 34.9 Å².